The van der Waals surface area contributed by atoms with Crippen LogP contribution in [0.4, 0.5) is 0 Å². The average Bonchev–Trinajstić information content (AvgIpc) is 3.40. The van der Waals surface area contributed by atoms with E-state index in [2.05, 4.69) is 63.5 Å². The van der Waals surface area contributed by atoms with Gasteiger partial charge in [-0.3, -0.25) is 4.57 Å². The zero-order valence-corrected chi connectivity index (χ0v) is 26.1. The number of imidazole rings is 1. The molecule has 2 aliphatic heterocycles. The lowest BCUT2D eigenvalue weighted by atomic mass is 10.1. The lowest BCUT2D eigenvalue weighted by Crippen LogP contribution is -2.47. The van der Waals surface area contributed by atoms with Gasteiger partial charge in [0.15, 0.2) is 20.1 Å². The number of nitrogens with zero attached hydrogens (tertiary/aromatic N) is 3. The van der Waals surface area contributed by atoms with E-state index >= 15 is 0 Å². The second-order valence-corrected chi connectivity index (χ2v) is 23.6. The molecule has 4 rings (SSSR count). The van der Waals surface area contributed by atoms with Crippen LogP contribution in [0, 0.1) is 0 Å². The van der Waals surface area contributed by atoms with Crippen LogP contribution in [0.3, 0.4) is 0 Å². The molecule has 0 bridgehead atoms. The molecule has 0 aliphatic carbocycles. The molecule has 2 saturated heterocycles. The highest BCUT2D eigenvalue weighted by molar-refractivity contribution is 6.76. The highest BCUT2D eigenvalue weighted by atomic mass is 35.5. The van der Waals surface area contributed by atoms with Crippen molar-refractivity contribution in [1.29, 1.82) is 0 Å². The summed E-state index contributed by atoms with van der Waals surface area (Å²) in [6.07, 6.45) is -0.836. The number of hydrogen-bond donors (Lipinski definition) is 0. The minimum absolute atomic E-state index is 0.104. The number of ether oxygens (including phenoxy) is 4. The lowest BCUT2D eigenvalue weighted by Gasteiger charge is -2.39. The molecule has 12 heteroatoms. The zero-order chi connectivity index (χ0) is 26.5. The quantitative estimate of drug-likeness (QED) is 0.206. The van der Waals surface area contributed by atoms with Gasteiger partial charge in [0.25, 0.3) is 0 Å². The van der Waals surface area contributed by atoms with E-state index in [1.807, 2.05) is 0 Å². The first kappa shape index (κ1) is 28.3. The van der Waals surface area contributed by atoms with Gasteiger partial charge >= 0.3 is 6.01 Å². The van der Waals surface area contributed by atoms with Gasteiger partial charge < -0.3 is 23.4 Å². The number of fused-ring (bicyclic) bond motifs is 2. The second-order valence-electron chi connectivity index (χ2n) is 12.4. The Morgan fingerprint density at radius 3 is 2.31 bits per heavy atom. The third kappa shape index (κ3) is 6.12. The Balaban J connectivity index is 1.51. The van der Waals surface area contributed by atoms with Gasteiger partial charge in [-0.05, 0) is 30.2 Å². The van der Waals surface area contributed by atoms with Gasteiger partial charge in [0, 0.05) is 14.7 Å². The molecule has 0 spiro atoms. The molecule has 2 aromatic heterocycles. The van der Waals surface area contributed by atoms with Crippen molar-refractivity contribution in [2.45, 2.75) is 95.7 Å². The van der Waals surface area contributed by atoms with Crippen molar-refractivity contribution in [3.05, 3.63) is 16.2 Å². The third-order valence-electron chi connectivity index (χ3n) is 7.28. The standard InChI is InChI=1S/C24H39Cl2N3O5Si2/c1-24(2,3)36(7,8)34-18-13-32-19-17(12-31-20(18)19)33-23-27-16-11-15(25)21(26)28-22(16)29(23)14-30-9-10-35(4,5)6/h11,17-20H,9-10,12-14H2,1-8H3/t17-,18-,19-,20-/m1/s1. The molecule has 2 fully saturated rings. The third-order valence-corrected chi connectivity index (χ3v) is 14.2. The summed E-state index contributed by atoms with van der Waals surface area (Å²) in [7, 11) is -3.18. The topological polar surface area (TPSA) is 76.9 Å². The number of hydrogen-bond acceptors (Lipinski definition) is 7. The van der Waals surface area contributed by atoms with Gasteiger partial charge in [-0.25, -0.2) is 4.98 Å². The van der Waals surface area contributed by atoms with Gasteiger partial charge in [0.2, 0.25) is 0 Å². The molecule has 202 valence electrons. The first-order chi connectivity index (χ1) is 16.7. The summed E-state index contributed by atoms with van der Waals surface area (Å²) in [4.78, 5) is 9.10. The molecular weight excluding hydrogens is 537 g/mol. The summed E-state index contributed by atoms with van der Waals surface area (Å²) in [5.41, 5.74) is 1.16. The van der Waals surface area contributed by atoms with Crippen LogP contribution in [-0.2, 0) is 25.4 Å². The van der Waals surface area contributed by atoms with E-state index in [4.69, 9.17) is 46.6 Å². The Kier molecular flexibility index (Phi) is 8.21. The van der Waals surface area contributed by atoms with Crippen LogP contribution in [0.25, 0.3) is 11.2 Å². The maximum atomic E-state index is 6.62. The summed E-state index contributed by atoms with van der Waals surface area (Å²) in [6, 6.07) is 3.13. The van der Waals surface area contributed by atoms with Crippen LogP contribution in [0.15, 0.2) is 6.07 Å². The Morgan fingerprint density at radius 2 is 1.67 bits per heavy atom. The Hall–Kier alpha value is -0.726. The maximum Gasteiger partial charge on any atom is 0.301 e. The van der Waals surface area contributed by atoms with E-state index < -0.39 is 16.4 Å². The molecule has 2 aromatic rings. The second kappa shape index (κ2) is 10.4. The van der Waals surface area contributed by atoms with Crippen molar-refractivity contribution >= 4 is 50.8 Å². The van der Waals surface area contributed by atoms with E-state index in [0.717, 1.165) is 6.04 Å². The van der Waals surface area contributed by atoms with Crippen molar-refractivity contribution in [2.75, 3.05) is 19.8 Å². The maximum absolute atomic E-state index is 6.62. The Bertz CT molecular complexity index is 1090. The summed E-state index contributed by atoms with van der Waals surface area (Å²) in [5.74, 6) is 0. The van der Waals surface area contributed by atoms with Crippen LogP contribution >= 0.6 is 23.2 Å². The van der Waals surface area contributed by atoms with Crippen LogP contribution in [-0.4, -0.2) is 75.2 Å². The van der Waals surface area contributed by atoms with Gasteiger partial charge in [0.05, 0.1) is 24.3 Å². The predicted molar refractivity (Wildman–Crippen MR) is 148 cm³/mol. The lowest BCUT2D eigenvalue weighted by molar-refractivity contribution is 0.00687. The first-order valence-electron chi connectivity index (χ1n) is 12.5. The average molecular weight is 577 g/mol. The molecule has 4 heterocycles. The smallest absolute Gasteiger partial charge is 0.301 e. The number of pyridine rings is 1. The summed E-state index contributed by atoms with van der Waals surface area (Å²) < 4.78 is 33.1. The van der Waals surface area contributed by atoms with Crippen molar-refractivity contribution in [3.8, 4) is 6.01 Å². The van der Waals surface area contributed by atoms with E-state index in [9.17, 15) is 0 Å². The minimum atomic E-state index is -1.96. The number of halogens is 2. The highest BCUT2D eigenvalue weighted by Gasteiger charge is 2.52. The molecular formula is C24H39Cl2N3O5Si2. The summed E-state index contributed by atoms with van der Waals surface area (Å²) in [5, 5.41) is 0.664. The SMILES string of the molecule is CC(C)(C)[Si](C)(C)O[C@@H]1CO[C@H]2[C@@H]1OC[C@H]2Oc1nc2cc(Cl)c(Cl)nc2n1COCC[Si](C)(C)C. The molecule has 0 unspecified atom stereocenters. The summed E-state index contributed by atoms with van der Waals surface area (Å²) in [6.45, 7) is 19.9. The fourth-order valence-electron chi connectivity index (χ4n) is 4.05. The van der Waals surface area contributed by atoms with Crippen molar-refractivity contribution < 1.29 is 23.4 Å². The molecule has 0 saturated carbocycles. The van der Waals surface area contributed by atoms with Crippen LogP contribution < -0.4 is 4.74 Å². The zero-order valence-electron chi connectivity index (χ0n) is 22.6. The predicted octanol–water partition coefficient (Wildman–Crippen LogP) is 5.99. The van der Waals surface area contributed by atoms with Gasteiger partial charge in [0.1, 0.15) is 29.6 Å². The van der Waals surface area contributed by atoms with Crippen molar-refractivity contribution in [3.63, 3.8) is 0 Å². The van der Waals surface area contributed by atoms with E-state index in [1.165, 1.54) is 0 Å². The molecule has 2 aliphatic rings. The Labute approximate surface area is 226 Å². The minimum Gasteiger partial charge on any atom is -0.456 e. The van der Waals surface area contributed by atoms with Gasteiger partial charge in [-0.2, -0.15) is 4.98 Å². The van der Waals surface area contributed by atoms with E-state index in [0.29, 0.717) is 42.0 Å². The Morgan fingerprint density at radius 1 is 1.03 bits per heavy atom. The normalized spacial score (nSPS) is 25.1. The molecule has 0 radical (unpaired) electrons. The van der Waals surface area contributed by atoms with Crippen molar-refractivity contribution in [1.82, 2.24) is 14.5 Å². The fraction of sp³-hybridized carbons (Fsp3) is 0.750. The van der Waals surface area contributed by atoms with Gasteiger partial charge in [-0.15, -0.1) is 0 Å². The molecule has 4 atom stereocenters. The fourth-order valence-corrected chi connectivity index (χ4v) is 6.39. The van der Waals surface area contributed by atoms with E-state index in [1.54, 1.807) is 10.6 Å². The van der Waals surface area contributed by atoms with Crippen molar-refractivity contribution in [2.24, 2.45) is 0 Å². The summed E-state index contributed by atoms with van der Waals surface area (Å²) >= 11 is 12.4. The van der Waals surface area contributed by atoms with Gasteiger partial charge in [-0.1, -0.05) is 63.6 Å². The molecule has 36 heavy (non-hydrogen) atoms. The highest BCUT2D eigenvalue weighted by Crippen LogP contribution is 2.40. The molecule has 8 nitrogen and oxygen atoms in total. The molecule has 0 aromatic carbocycles. The first-order valence-corrected chi connectivity index (χ1v) is 19.9. The monoisotopic (exact) mass is 575 g/mol. The van der Waals surface area contributed by atoms with Crippen LogP contribution in [0.2, 0.25) is 54.0 Å². The largest absolute Gasteiger partial charge is 0.456 e. The van der Waals surface area contributed by atoms with E-state index in [-0.39, 0.29) is 41.3 Å². The number of aromatic nitrogens is 3. The molecule has 0 N–H and O–H groups in total. The molecule has 0 amide bonds. The number of rotatable bonds is 9. The van der Waals surface area contributed by atoms with Crippen LogP contribution in [0.1, 0.15) is 20.8 Å². The van der Waals surface area contributed by atoms with Crippen LogP contribution in [0.5, 0.6) is 6.01 Å².